The van der Waals surface area contributed by atoms with Gasteiger partial charge < -0.3 is 25.4 Å². The molecule has 0 fully saturated rings. The van der Waals surface area contributed by atoms with Crippen molar-refractivity contribution in [3.8, 4) is 0 Å². The van der Waals surface area contributed by atoms with Gasteiger partial charge in [-0.1, -0.05) is 6.58 Å². The molecule has 0 saturated carbocycles. The molecule has 0 aliphatic carbocycles. The molecule has 9 nitrogen and oxygen atoms in total. The molecule has 28 heavy (non-hydrogen) atoms. The van der Waals surface area contributed by atoms with Crippen LogP contribution < -0.4 is 16.0 Å². The Morgan fingerprint density at radius 2 is 1.46 bits per heavy atom. The van der Waals surface area contributed by atoms with Gasteiger partial charge in [0.1, 0.15) is 17.2 Å². The molecule has 0 spiro atoms. The van der Waals surface area contributed by atoms with Crippen molar-refractivity contribution in [2.75, 3.05) is 13.1 Å². The van der Waals surface area contributed by atoms with E-state index >= 15 is 0 Å². The summed E-state index contributed by atoms with van der Waals surface area (Å²) in [6, 6.07) is -1.03. The lowest BCUT2D eigenvalue weighted by Gasteiger charge is -2.26. The van der Waals surface area contributed by atoms with Crippen LogP contribution in [-0.2, 0) is 23.9 Å². The van der Waals surface area contributed by atoms with Crippen LogP contribution in [0.1, 0.15) is 54.4 Å². The quantitative estimate of drug-likeness (QED) is 0.306. The van der Waals surface area contributed by atoms with Gasteiger partial charge in [0.15, 0.2) is 0 Å². The Morgan fingerprint density at radius 3 is 1.96 bits per heavy atom. The Morgan fingerprint density at radius 1 is 0.929 bits per heavy atom. The third kappa shape index (κ3) is 13.6. The van der Waals surface area contributed by atoms with Crippen LogP contribution in [0, 0.1) is 0 Å². The lowest BCUT2D eigenvalue weighted by atomic mass is 10.1. The zero-order valence-corrected chi connectivity index (χ0v) is 17.6. The molecule has 3 amide bonds. The lowest BCUT2D eigenvalue weighted by molar-refractivity contribution is -0.157. The van der Waals surface area contributed by atoms with Gasteiger partial charge in [0.25, 0.3) is 0 Å². The van der Waals surface area contributed by atoms with E-state index in [9.17, 15) is 19.2 Å². The summed E-state index contributed by atoms with van der Waals surface area (Å²) >= 11 is 0. The number of hydrogen-bond donors (Lipinski definition) is 3. The molecule has 0 bridgehead atoms. The number of carbonyl (C=O) groups is 4. The van der Waals surface area contributed by atoms with Gasteiger partial charge >= 0.3 is 12.1 Å². The maximum Gasteiger partial charge on any atom is 0.408 e. The summed E-state index contributed by atoms with van der Waals surface area (Å²) in [5.74, 6) is -1.31. The van der Waals surface area contributed by atoms with Gasteiger partial charge in [-0.3, -0.25) is 9.59 Å². The molecule has 0 aromatic heterocycles. The third-order valence-corrected chi connectivity index (χ3v) is 2.97. The molecule has 1 unspecified atom stereocenters. The topological polar surface area (TPSA) is 123 Å². The van der Waals surface area contributed by atoms with E-state index in [0.717, 1.165) is 6.08 Å². The molecule has 0 heterocycles. The van der Waals surface area contributed by atoms with Gasteiger partial charge in [-0.25, -0.2) is 9.59 Å². The van der Waals surface area contributed by atoms with Crippen LogP contribution in [0.5, 0.6) is 0 Å². The summed E-state index contributed by atoms with van der Waals surface area (Å²) in [7, 11) is 0. The first-order valence-electron chi connectivity index (χ1n) is 9.13. The fourth-order valence-corrected chi connectivity index (χ4v) is 1.90. The summed E-state index contributed by atoms with van der Waals surface area (Å²) in [6.45, 7) is 14.0. The highest BCUT2D eigenvalue weighted by Gasteiger charge is 2.29. The van der Waals surface area contributed by atoms with E-state index < -0.39 is 29.3 Å². The second kappa shape index (κ2) is 11.3. The van der Waals surface area contributed by atoms with Gasteiger partial charge in [-0.15, -0.1) is 0 Å². The monoisotopic (exact) mass is 399 g/mol. The fourth-order valence-electron chi connectivity index (χ4n) is 1.90. The second-order valence-electron chi connectivity index (χ2n) is 8.12. The van der Waals surface area contributed by atoms with Crippen molar-refractivity contribution in [3.05, 3.63) is 12.7 Å². The Balaban J connectivity index is 4.68. The zero-order chi connectivity index (χ0) is 22.0. The fraction of sp³-hybridized carbons (Fsp3) is 0.684. The van der Waals surface area contributed by atoms with Crippen molar-refractivity contribution in [2.45, 2.75) is 71.6 Å². The van der Waals surface area contributed by atoms with E-state index in [1.54, 1.807) is 41.5 Å². The molecule has 0 aliphatic heterocycles. The molecule has 9 heteroatoms. The highest BCUT2D eigenvalue weighted by Crippen LogP contribution is 2.12. The zero-order valence-electron chi connectivity index (χ0n) is 17.6. The SMILES string of the molecule is C=CC(=O)NCCNC(=O)CCC(NC(=O)OC(C)(C)C)C(=O)OC(C)(C)C. The summed E-state index contributed by atoms with van der Waals surface area (Å²) in [4.78, 5) is 47.3. The number of amides is 3. The first kappa shape index (κ1) is 25.4. The summed E-state index contributed by atoms with van der Waals surface area (Å²) in [5, 5.41) is 7.59. The van der Waals surface area contributed by atoms with Gasteiger partial charge in [0, 0.05) is 19.5 Å². The molecule has 1 atom stereocenters. The molecule has 0 aliphatic rings. The third-order valence-electron chi connectivity index (χ3n) is 2.97. The van der Waals surface area contributed by atoms with E-state index in [0.29, 0.717) is 0 Å². The lowest BCUT2D eigenvalue weighted by Crippen LogP contribution is -2.46. The summed E-state index contributed by atoms with van der Waals surface area (Å²) in [5.41, 5.74) is -1.47. The predicted molar refractivity (Wildman–Crippen MR) is 104 cm³/mol. The highest BCUT2D eigenvalue weighted by molar-refractivity contribution is 5.87. The Labute approximate surface area is 166 Å². The van der Waals surface area contributed by atoms with Gasteiger partial charge in [-0.2, -0.15) is 0 Å². The second-order valence-corrected chi connectivity index (χ2v) is 8.12. The smallest absolute Gasteiger partial charge is 0.408 e. The first-order valence-corrected chi connectivity index (χ1v) is 9.13. The predicted octanol–water partition coefficient (Wildman–Crippen LogP) is 1.42. The molecule has 0 aromatic rings. The van der Waals surface area contributed by atoms with E-state index in [2.05, 4.69) is 22.5 Å². The normalized spacial score (nSPS) is 12.4. The largest absolute Gasteiger partial charge is 0.458 e. The number of rotatable bonds is 9. The number of nitrogens with one attached hydrogen (secondary N) is 3. The molecule has 0 radical (unpaired) electrons. The number of carbonyl (C=O) groups excluding carboxylic acids is 4. The van der Waals surface area contributed by atoms with E-state index in [-0.39, 0.29) is 37.7 Å². The van der Waals surface area contributed by atoms with Crippen LogP contribution in [0.4, 0.5) is 4.79 Å². The Hall–Kier alpha value is -2.58. The van der Waals surface area contributed by atoms with E-state index in [1.807, 2.05) is 0 Å². The van der Waals surface area contributed by atoms with Gasteiger partial charge in [0.2, 0.25) is 11.8 Å². The molecule has 0 aromatic carbocycles. The molecule has 3 N–H and O–H groups in total. The minimum Gasteiger partial charge on any atom is -0.458 e. The molecule has 0 saturated heterocycles. The number of ether oxygens (including phenoxy) is 2. The van der Waals surface area contributed by atoms with Crippen molar-refractivity contribution in [3.63, 3.8) is 0 Å². The minimum atomic E-state index is -1.03. The minimum absolute atomic E-state index is 0.0187. The van der Waals surface area contributed by atoms with Gasteiger partial charge in [-0.05, 0) is 54.0 Å². The van der Waals surface area contributed by atoms with Crippen LogP contribution in [0.3, 0.4) is 0 Å². The van der Waals surface area contributed by atoms with Crippen LogP contribution in [-0.4, -0.2) is 54.2 Å². The molecule has 160 valence electrons. The molecular weight excluding hydrogens is 366 g/mol. The summed E-state index contributed by atoms with van der Waals surface area (Å²) in [6.07, 6.45) is 0.389. The van der Waals surface area contributed by atoms with Crippen molar-refractivity contribution in [1.29, 1.82) is 0 Å². The standard InChI is InChI=1S/C19H33N3O6/c1-8-14(23)20-11-12-21-15(24)10-9-13(16(25)27-18(2,3)4)22-17(26)28-19(5,6)7/h8,13H,1,9-12H2,2-7H3,(H,20,23)(H,21,24)(H,22,26). The van der Waals surface area contributed by atoms with Crippen molar-refractivity contribution < 1.29 is 28.7 Å². The van der Waals surface area contributed by atoms with Crippen molar-refractivity contribution in [2.24, 2.45) is 0 Å². The van der Waals surface area contributed by atoms with E-state index in [4.69, 9.17) is 9.47 Å². The average molecular weight is 399 g/mol. The molecular formula is C19H33N3O6. The molecule has 0 rings (SSSR count). The summed E-state index contributed by atoms with van der Waals surface area (Å²) < 4.78 is 10.5. The highest BCUT2D eigenvalue weighted by atomic mass is 16.6. The van der Waals surface area contributed by atoms with Gasteiger partial charge in [0.05, 0.1) is 0 Å². The maximum atomic E-state index is 12.4. The van der Waals surface area contributed by atoms with E-state index in [1.165, 1.54) is 0 Å². The van der Waals surface area contributed by atoms with Crippen molar-refractivity contribution >= 4 is 23.9 Å². The number of hydrogen-bond acceptors (Lipinski definition) is 6. The van der Waals surface area contributed by atoms with Crippen molar-refractivity contribution in [1.82, 2.24) is 16.0 Å². The number of esters is 1. The number of alkyl carbamates (subject to hydrolysis) is 1. The Kier molecular flexibility index (Phi) is 10.3. The maximum absolute atomic E-state index is 12.4. The Bertz CT molecular complexity index is 575. The van der Waals surface area contributed by atoms with Crippen LogP contribution >= 0.6 is 0 Å². The van der Waals surface area contributed by atoms with Crippen LogP contribution in [0.2, 0.25) is 0 Å². The first-order chi connectivity index (χ1) is 12.7. The van der Waals surface area contributed by atoms with Crippen LogP contribution in [0.15, 0.2) is 12.7 Å². The average Bonchev–Trinajstić information content (AvgIpc) is 2.51. The van der Waals surface area contributed by atoms with Crippen LogP contribution in [0.25, 0.3) is 0 Å².